The van der Waals surface area contributed by atoms with Crippen molar-refractivity contribution in [3.8, 4) is 5.75 Å². The van der Waals surface area contributed by atoms with Crippen molar-refractivity contribution in [1.82, 2.24) is 10.2 Å². The monoisotopic (exact) mass is 386 g/mol. The maximum absolute atomic E-state index is 11.7. The van der Waals surface area contributed by atoms with Gasteiger partial charge in [0.1, 0.15) is 17.9 Å². The largest absolute Gasteiger partial charge is 0.492 e. The van der Waals surface area contributed by atoms with Crippen LogP contribution in [0.5, 0.6) is 5.75 Å². The molecule has 1 saturated heterocycles. The second-order valence-electron chi connectivity index (χ2n) is 7.25. The van der Waals surface area contributed by atoms with Crippen LogP contribution in [0.15, 0.2) is 45.1 Å². The molecule has 1 fully saturated rings. The van der Waals surface area contributed by atoms with E-state index in [0.29, 0.717) is 18.6 Å². The Morgan fingerprint density at radius 3 is 2.75 bits per heavy atom. The van der Waals surface area contributed by atoms with Crippen LogP contribution in [0, 0.1) is 0 Å². The number of fused-ring (bicyclic) bond motifs is 1. The number of hydrogen-bond donors (Lipinski definition) is 1. The Labute approximate surface area is 166 Å². The second kappa shape index (κ2) is 10.4. The second-order valence-corrected chi connectivity index (χ2v) is 7.25. The third kappa shape index (κ3) is 5.92. The van der Waals surface area contributed by atoms with Crippen LogP contribution in [-0.2, 0) is 11.2 Å². The van der Waals surface area contributed by atoms with E-state index in [0.717, 1.165) is 62.6 Å². The van der Waals surface area contributed by atoms with Gasteiger partial charge in [-0.25, -0.2) is 4.79 Å². The van der Waals surface area contributed by atoms with Gasteiger partial charge >= 0.3 is 5.63 Å². The normalized spacial score (nSPS) is 14.9. The molecule has 152 valence electrons. The van der Waals surface area contributed by atoms with Gasteiger partial charge < -0.3 is 19.2 Å². The average Bonchev–Trinajstić information content (AvgIpc) is 2.70. The molecule has 0 aliphatic carbocycles. The summed E-state index contributed by atoms with van der Waals surface area (Å²) in [6.45, 7) is 11.1. The highest BCUT2D eigenvalue weighted by molar-refractivity contribution is 5.82. The molecule has 1 N–H and O–H groups in total. The van der Waals surface area contributed by atoms with E-state index < -0.39 is 0 Å². The van der Waals surface area contributed by atoms with Crippen LogP contribution in [0.4, 0.5) is 0 Å². The summed E-state index contributed by atoms with van der Waals surface area (Å²) in [6.07, 6.45) is 2.79. The van der Waals surface area contributed by atoms with E-state index >= 15 is 0 Å². The van der Waals surface area contributed by atoms with Gasteiger partial charge in [-0.3, -0.25) is 4.90 Å². The maximum Gasteiger partial charge on any atom is 0.336 e. The minimum atomic E-state index is -0.340. The molecule has 28 heavy (non-hydrogen) atoms. The zero-order chi connectivity index (χ0) is 19.8. The van der Waals surface area contributed by atoms with Crippen molar-refractivity contribution in [3.63, 3.8) is 0 Å². The average molecular weight is 386 g/mol. The number of hydrogen-bond acceptors (Lipinski definition) is 6. The molecule has 6 nitrogen and oxygen atoms in total. The number of benzene rings is 1. The Hall–Kier alpha value is -2.15. The van der Waals surface area contributed by atoms with Gasteiger partial charge in [-0.2, -0.15) is 0 Å². The van der Waals surface area contributed by atoms with Crippen molar-refractivity contribution < 1.29 is 13.9 Å². The third-order valence-corrected chi connectivity index (χ3v) is 4.81. The van der Waals surface area contributed by atoms with E-state index in [9.17, 15) is 4.79 Å². The molecule has 0 amide bonds. The Bertz CT molecular complexity index is 849. The molecule has 2 aromatic rings. The molecule has 1 aromatic heterocycles. The zero-order valence-corrected chi connectivity index (χ0v) is 16.8. The van der Waals surface area contributed by atoms with Crippen molar-refractivity contribution in [2.24, 2.45) is 0 Å². The van der Waals surface area contributed by atoms with Gasteiger partial charge in [0.15, 0.2) is 0 Å². The fraction of sp³-hybridized carbons (Fsp3) is 0.500. The molecule has 0 saturated carbocycles. The van der Waals surface area contributed by atoms with Gasteiger partial charge in [0.25, 0.3) is 0 Å². The first-order chi connectivity index (χ1) is 13.6. The predicted octanol–water partition coefficient (Wildman–Crippen LogP) is 2.60. The summed E-state index contributed by atoms with van der Waals surface area (Å²) >= 11 is 0. The van der Waals surface area contributed by atoms with Gasteiger partial charge in [-0.05, 0) is 38.5 Å². The highest BCUT2D eigenvalue weighted by atomic mass is 16.5. The summed E-state index contributed by atoms with van der Waals surface area (Å²) in [7, 11) is 0. The van der Waals surface area contributed by atoms with Crippen LogP contribution < -0.4 is 15.7 Å². The quantitative estimate of drug-likeness (QED) is 0.406. The first kappa shape index (κ1) is 20.6. The molecule has 6 heteroatoms. The van der Waals surface area contributed by atoms with Crippen LogP contribution in [0.1, 0.15) is 19.4 Å². The number of rotatable bonds is 9. The molecule has 1 aliphatic heterocycles. The third-order valence-electron chi connectivity index (χ3n) is 4.81. The standard InChI is InChI=1S/C22H30N2O4/c1-17(2)3-6-19-20(7-4-18-5-8-21(25)28-22(18)19)27-14-10-23-9-11-24-12-15-26-16-13-24/h3-5,7-8,23H,6,9-16H2,1-2H3. The minimum Gasteiger partial charge on any atom is -0.492 e. The molecular formula is C22H30N2O4. The lowest BCUT2D eigenvalue weighted by Gasteiger charge is -2.26. The lowest BCUT2D eigenvalue weighted by molar-refractivity contribution is 0.0383. The Kier molecular flexibility index (Phi) is 7.65. The summed E-state index contributed by atoms with van der Waals surface area (Å²) in [4.78, 5) is 14.1. The van der Waals surface area contributed by atoms with E-state index in [1.54, 1.807) is 6.07 Å². The SMILES string of the molecule is CC(C)=CCc1c(OCCNCCN2CCOCC2)ccc2ccc(=O)oc12. The number of allylic oxidation sites excluding steroid dienone is 2. The summed E-state index contributed by atoms with van der Waals surface area (Å²) in [5.74, 6) is 0.773. The molecule has 1 aliphatic rings. The molecule has 0 unspecified atom stereocenters. The number of nitrogens with zero attached hydrogens (tertiary/aromatic N) is 1. The number of nitrogens with one attached hydrogen (secondary N) is 1. The molecular weight excluding hydrogens is 356 g/mol. The van der Waals surface area contributed by atoms with Gasteiger partial charge in [-0.1, -0.05) is 11.6 Å². The van der Waals surface area contributed by atoms with Gasteiger partial charge in [0.2, 0.25) is 0 Å². The molecule has 1 aromatic carbocycles. The van der Waals surface area contributed by atoms with Crippen LogP contribution in [-0.4, -0.2) is 57.4 Å². The Balaban J connectivity index is 1.57. The molecule has 0 radical (unpaired) electrons. The summed E-state index contributed by atoms with van der Waals surface area (Å²) in [6, 6.07) is 7.14. The van der Waals surface area contributed by atoms with E-state index in [1.807, 2.05) is 12.1 Å². The van der Waals surface area contributed by atoms with Gasteiger partial charge in [0, 0.05) is 49.7 Å². The maximum atomic E-state index is 11.7. The van der Waals surface area contributed by atoms with Gasteiger partial charge in [-0.15, -0.1) is 0 Å². The van der Waals surface area contributed by atoms with Crippen molar-refractivity contribution in [3.05, 3.63) is 51.9 Å². The van der Waals surface area contributed by atoms with Crippen LogP contribution in [0.25, 0.3) is 11.0 Å². The highest BCUT2D eigenvalue weighted by Crippen LogP contribution is 2.28. The summed E-state index contributed by atoms with van der Waals surface area (Å²) in [5, 5.41) is 4.34. The van der Waals surface area contributed by atoms with E-state index in [1.165, 1.54) is 11.6 Å². The van der Waals surface area contributed by atoms with Crippen LogP contribution >= 0.6 is 0 Å². The predicted molar refractivity (Wildman–Crippen MR) is 111 cm³/mol. The minimum absolute atomic E-state index is 0.340. The fourth-order valence-electron chi connectivity index (χ4n) is 3.23. The van der Waals surface area contributed by atoms with Gasteiger partial charge in [0.05, 0.1) is 13.2 Å². The first-order valence-electron chi connectivity index (χ1n) is 9.96. The molecule has 2 heterocycles. The smallest absolute Gasteiger partial charge is 0.336 e. The lowest BCUT2D eigenvalue weighted by Crippen LogP contribution is -2.40. The lowest BCUT2D eigenvalue weighted by atomic mass is 10.1. The summed E-state index contributed by atoms with van der Waals surface area (Å²) in [5.41, 5.74) is 2.41. The van der Waals surface area contributed by atoms with Crippen LogP contribution in [0.2, 0.25) is 0 Å². The number of ether oxygens (including phenoxy) is 2. The van der Waals surface area contributed by atoms with Crippen molar-refractivity contribution in [2.45, 2.75) is 20.3 Å². The highest BCUT2D eigenvalue weighted by Gasteiger charge is 2.12. The summed E-state index contributed by atoms with van der Waals surface area (Å²) < 4.78 is 16.9. The topological polar surface area (TPSA) is 63.9 Å². The number of morpholine rings is 1. The van der Waals surface area contributed by atoms with E-state index in [-0.39, 0.29) is 5.63 Å². The fourth-order valence-corrected chi connectivity index (χ4v) is 3.23. The van der Waals surface area contributed by atoms with E-state index in [4.69, 9.17) is 13.9 Å². The molecule has 0 atom stereocenters. The Morgan fingerprint density at radius 2 is 1.96 bits per heavy atom. The van der Waals surface area contributed by atoms with Crippen molar-refractivity contribution in [2.75, 3.05) is 52.5 Å². The first-order valence-corrected chi connectivity index (χ1v) is 9.96. The van der Waals surface area contributed by atoms with E-state index in [2.05, 4.69) is 30.1 Å². The zero-order valence-electron chi connectivity index (χ0n) is 16.8. The Morgan fingerprint density at radius 1 is 1.18 bits per heavy atom. The molecule has 3 rings (SSSR count). The molecule has 0 bridgehead atoms. The van der Waals surface area contributed by atoms with Crippen LogP contribution in [0.3, 0.4) is 0 Å². The van der Waals surface area contributed by atoms with Crippen molar-refractivity contribution in [1.29, 1.82) is 0 Å². The van der Waals surface area contributed by atoms with Crippen molar-refractivity contribution >= 4 is 11.0 Å². The molecule has 0 spiro atoms.